The Kier molecular flexibility index (Phi) is 5.23. The minimum atomic E-state index is -1.20. The third kappa shape index (κ3) is 3.57. The van der Waals surface area contributed by atoms with Crippen LogP contribution in [0.2, 0.25) is 0 Å². The number of hydrogen-bond donors (Lipinski definition) is 4. The molecule has 1 aliphatic heterocycles. The minimum absolute atomic E-state index is 0.341. The Morgan fingerprint density at radius 3 is 2.03 bits per heavy atom. The van der Waals surface area contributed by atoms with Gasteiger partial charge < -0.3 is 25.4 Å². The summed E-state index contributed by atoms with van der Waals surface area (Å²) >= 11 is 0. The summed E-state index contributed by atoms with van der Waals surface area (Å²) < 4.78 is 5.62. The molecule has 8 nitrogen and oxygen atoms in total. The van der Waals surface area contributed by atoms with Crippen molar-refractivity contribution in [3.8, 4) is 11.1 Å². The van der Waals surface area contributed by atoms with Crippen LogP contribution in [0.4, 0.5) is 4.79 Å². The quantitative estimate of drug-likeness (QED) is 0.605. The predicted octanol–water partition coefficient (Wildman–Crippen LogP) is 1.67. The molecular formula is C21H22N2O6. The second-order valence-electron chi connectivity index (χ2n) is 7.18. The Morgan fingerprint density at radius 2 is 1.52 bits per heavy atom. The van der Waals surface area contributed by atoms with Crippen molar-refractivity contribution >= 4 is 12.1 Å². The summed E-state index contributed by atoms with van der Waals surface area (Å²) in [4.78, 5) is 24.5. The molecule has 1 saturated heterocycles. The number of aliphatic carboxylic acids is 1. The lowest BCUT2D eigenvalue weighted by molar-refractivity contribution is -0.150. The van der Waals surface area contributed by atoms with E-state index in [1.807, 2.05) is 48.5 Å². The zero-order chi connectivity index (χ0) is 20.5. The number of nitrogens with zero attached hydrogens (tertiary/aromatic N) is 1. The molecule has 4 N–H and O–H groups in total. The van der Waals surface area contributed by atoms with E-state index in [4.69, 9.17) is 9.84 Å². The van der Waals surface area contributed by atoms with Crippen molar-refractivity contribution < 1.29 is 29.6 Å². The minimum Gasteiger partial charge on any atom is -0.480 e. The van der Waals surface area contributed by atoms with Crippen LogP contribution in [0.1, 0.15) is 29.9 Å². The van der Waals surface area contributed by atoms with Crippen LogP contribution in [0.5, 0.6) is 0 Å². The molecule has 3 unspecified atom stereocenters. The molecule has 1 heterocycles. The normalized spacial score (nSPS) is 22.0. The number of benzene rings is 2. The fourth-order valence-electron chi connectivity index (χ4n) is 4.24. The fraction of sp³-hybridized carbons (Fsp3) is 0.333. The molecule has 0 saturated carbocycles. The lowest BCUT2D eigenvalue weighted by Gasteiger charge is -2.36. The van der Waals surface area contributed by atoms with Gasteiger partial charge in [-0.1, -0.05) is 48.5 Å². The molecule has 1 fully saturated rings. The molecule has 0 aromatic heterocycles. The highest BCUT2D eigenvalue weighted by Gasteiger charge is 2.46. The Morgan fingerprint density at radius 1 is 1.00 bits per heavy atom. The van der Waals surface area contributed by atoms with E-state index in [1.54, 1.807) is 0 Å². The number of fused-ring (bicyclic) bond motifs is 3. The van der Waals surface area contributed by atoms with Crippen LogP contribution < -0.4 is 5.32 Å². The van der Waals surface area contributed by atoms with Gasteiger partial charge in [-0.2, -0.15) is 0 Å². The van der Waals surface area contributed by atoms with Crippen molar-refractivity contribution in [2.24, 2.45) is 0 Å². The number of alkyl carbamates (subject to hydrolysis) is 1. The lowest BCUT2D eigenvalue weighted by Crippen LogP contribution is -2.50. The number of rotatable bonds is 5. The molecule has 8 heteroatoms. The van der Waals surface area contributed by atoms with Gasteiger partial charge in [-0.15, -0.1) is 0 Å². The first-order chi connectivity index (χ1) is 14.0. The van der Waals surface area contributed by atoms with Gasteiger partial charge in [-0.25, -0.2) is 9.69 Å². The number of carbonyl (C=O) groups is 2. The summed E-state index contributed by atoms with van der Waals surface area (Å²) in [6, 6.07) is 15.4. The topological polar surface area (TPSA) is 119 Å². The highest BCUT2D eigenvalue weighted by molar-refractivity contribution is 5.80. The largest absolute Gasteiger partial charge is 0.480 e. The van der Waals surface area contributed by atoms with Crippen LogP contribution in [-0.4, -0.2) is 57.5 Å². The van der Waals surface area contributed by atoms with E-state index in [-0.39, 0.29) is 0 Å². The Bertz CT molecular complexity index is 877. The van der Waals surface area contributed by atoms with Gasteiger partial charge in [-0.05, 0) is 35.1 Å². The van der Waals surface area contributed by atoms with Crippen LogP contribution >= 0.6 is 0 Å². The maximum absolute atomic E-state index is 12.3. The summed E-state index contributed by atoms with van der Waals surface area (Å²) in [5, 5.41) is 31.9. The number of aliphatic hydroxyl groups is 2. The van der Waals surface area contributed by atoms with E-state index in [9.17, 15) is 19.8 Å². The summed E-state index contributed by atoms with van der Waals surface area (Å²) in [5.74, 6) is -1.64. The van der Waals surface area contributed by atoms with E-state index >= 15 is 0 Å². The Labute approximate surface area is 167 Å². The third-order valence-electron chi connectivity index (χ3n) is 5.44. The van der Waals surface area contributed by atoms with Crippen molar-refractivity contribution in [1.29, 1.82) is 0 Å². The van der Waals surface area contributed by atoms with E-state index < -0.39 is 43.2 Å². The van der Waals surface area contributed by atoms with Crippen LogP contribution in [0, 0.1) is 0 Å². The number of aliphatic hydroxyl groups excluding tert-OH is 2. The van der Waals surface area contributed by atoms with Gasteiger partial charge in [0.05, 0.1) is 5.92 Å². The molecule has 1 amide bonds. The molecule has 152 valence electrons. The highest BCUT2D eigenvalue weighted by atomic mass is 16.6. The third-order valence-corrected chi connectivity index (χ3v) is 5.44. The second-order valence-corrected chi connectivity index (χ2v) is 7.18. The Balaban J connectivity index is 1.75. The first-order valence-corrected chi connectivity index (χ1v) is 9.45. The van der Waals surface area contributed by atoms with Crippen molar-refractivity contribution in [2.75, 3.05) is 6.54 Å². The van der Waals surface area contributed by atoms with Crippen molar-refractivity contribution in [2.45, 2.75) is 37.4 Å². The second kappa shape index (κ2) is 7.82. The summed E-state index contributed by atoms with van der Waals surface area (Å²) in [6.45, 7) is -0.589. The van der Waals surface area contributed by atoms with Crippen molar-refractivity contribution in [1.82, 2.24) is 10.2 Å². The fourth-order valence-corrected chi connectivity index (χ4v) is 4.24. The number of carboxylic acid groups (broad SMARTS) is 1. The smallest absolute Gasteiger partial charge is 0.409 e. The molecule has 2 aliphatic rings. The van der Waals surface area contributed by atoms with Gasteiger partial charge in [0.2, 0.25) is 0 Å². The van der Waals surface area contributed by atoms with Crippen molar-refractivity contribution in [3.63, 3.8) is 0 Å². The number of likely N-dealkylation sites (tertiary alicyclic amines) is 1. The van der Waals surface area contributed by atoms with E-state index in [0.29, 0.717) is 12.8 Å². The van der Waals surface area contributed by atoms with E-state index in [1.165, 1.54) is 4.90 Å². The van der Waals surface area contributed by atoms with Gasteiger partial charge in [0.25, 0.3) is 0 Å². The maximum atomic E-state index is 12.3. The number of carboxylic acids is 1. The first kappa shape index (κ1) is 19.4. The van der Waals surface area contributed by atoms with Crippen molar-refractivity contribution in [3.05, 3.63) is 59.7 Å². The molecule has 29 heavy (non-hydrogen) atoms. The molecule has 1 aliphatic carbocycles. The molecule has 2 aromatic carbocycles. The standard InChI is InChI=1S/C21H22N2O6/c24-16-9-10-17(25)23(16)20(29-21(28)22-11-18(26)27)19-14-7-3-1-5-12(14)13-6-2-4-8-15(13)19/h1-8,16-17,19-20,24-25H,9-11H2,(H,22,28)(H,26,27). The van der Waals surface area contributed by atoms with Gasteiger partial charge in [0, 0.05) is 0 Å². The van der Waals surface area contributed by atoms with Crippen LogP contribution in [-0.2, 0) is 9.53 Å². The van der Waals surface area contributed by atoms with Gasteiger partial charge >= 0.3 is 12.1 Å². The summed E-state index contributed by atoms with van der Waals surface area (Å²) in [6.07, 6.45) is -3.22. The maximum Gasteiger partial charge on any atom is 0.409 e. The SMILES string of the molecule is O=C(O)CNC(=O)OC(C1c2ccccc2-c2ccccc21)N1C(O)CCC1O. The molecular weight excluding hydrogens is 376 g/mol. The number of ether oxygens (including phenoxy) is 1. The zero-order valence-electron chi connectivity index (χ0n) is 15.6. The monoisotopic (exact) mass is 398 g/mol. The first-order valence-electron chi connectivity index (χ1n) is 9.45. The molecule has 4 rings (SSSR count). The lowest BCUT2D eigenvalue weighted by atomic mass is 9.94. The highest BCUT2D eigenvalue weighted by Crippen LogP contribution is 2.48. The van der Waals surface area contributed by atoms with Crippen LogP contribution in [0.15, 0.2) is 48.5 Å². The van der Waals surface area contributed by atoms with E-state index in [2.05, 4.69) is 5.32 Å². The van der Waals surface area contributed by atoms with E-state index in [0.717, 1.165) is 22.3 Å². The number of carbonyl (C=O) groups excluding carboxylic acids is 1. The number of hydrogen-bond acceptors (Lipinski definition) is 6. The van der Waals surface area contributed by atoms with Gasteiger partial charge in [-0.3, -0.25) is 4.79 Å². The Hall–Kier alpha value is -2.94. The average Bonchev–Trinajstić information content (AvgIpc) is 3.22. The molecule has 3 atom stereocenters. The number of nitrogens with one attached hydrogen (secondary N) is 1. The predicted molar refractivity (Wildman–Crippen MR) is 103 cm³/mol. The molecule has 0 bridgehead atoms. The zero-order valence-corrected chi connectivity index (χ0v) is 15.6. The molecule has 0 spiro atoms. The molecule has 0 radical (unpaired) electrons. The van der Waals surface area contributed by atoms with Gasteiger partial charge in [0.1, 0.15) is 19.0 Å². The summed E-state index contributed by atoms with van der Waals surface area (Å²) in [7, 11) is 0. The molecule has 2 aromatic rings. The average molecular weight is 398 g/mol. The van der Waals surface area contributed by atoms with Crippen LogP contribution in [0.25, 0.3) is 11.1 Å². The van der Waals surface area contributed by atoms with Crippen LogP contribution in [0.3, 0.4) is 0 Å². The van der Waals surface area contributed by atoms with Gasteiger partial charge in [0.15, 0.2) is 6.23 Å². The summed E-state index contributed by atoms with van der Waals surface area (Å²) in [5.41, 5.74) is 3.82. The number of amides is 1.